The summed E-state index contributed by atoms with van der Waals surface area (Å²) >= 11 is 0. The molecule has 3 amide bonds. The van der Waals surface area contributed by atoms with E-state index in [1.807, 2.05) is 0 Å². The zero-order valence-corrected chi connectivity index (χ0v) is 18.2. The van der Waals surface area contributed by atoms with Crippen LogP contribution in [0.15, 0.2) is 42.5 Å². The molecule has 0 bridgehead atoms. The van der Waals surface area contributed by atoms with Crippen LogP contribution in [0.5, 0.6) is 17.2 Å². The van der Waals surface area contributed by atoms with Crippen LogP contribution in [-0.2, 0) is 9.53 Å². The fraction of sp³-hybridized carbons (Fsp3) is 0.318. The number of anilines is 1. The van der Waals surface area contributed by atoms with Crippen molar-refractivity contribution < 1.29 is 33.3 Å². The first-order chi connectivity index (χ1) is 15.5. The standard InChI is InChI=1S/C22H27N3O7/c1-4-31-22(28)24-12-11-23-21(27)15-9-10-18(19(13-15)30-3)32-14-20(26)25-16-7-5-6-8-17(16)29-2/h5-10,13H,4,11-12,14H2,1-3H3,(H,23,27)(H,24,28)(H,25,26). The SMILES string of the molecule is CCOC(=O)NCCNC(=O)c1ccc(OCC(=O)Nc2ccccc2OC)c(OC)c1. The van der Waals surface area contributed by atoms with E-state index >= 15 is 0 Å². The highest BCUT2D eigenvalue weighted by atomic mass is 16.5. The van der Waals surface area contributed by atoms with Gasteiger partial charge in [0.15, 0.2) is 18.1 Å². The molecule has 2 aromatic rings. The van der Waals surface area contributed by atoms with Crippen LogP contribution < -0.4 is 30.2 Å². The molecule has 32 heavy (non-hydrogen) atoms. The van der Waals surface area contributed by atoms with E-state index in [0.29, 0.717) is 28.5 Å². The number of alkyl carbamates (subject to hydrolysis) is 1. The molecule has 0 aliphatic rings. The summed E-state index contributed by atoms with van der Waals surface area (Å²) in [6, 6.07) is 11.6. The molecule has 0 saturated heterocycles. The maximum absolute atomic E-state index is 12.3. The first-order valence-corrected chi connectivity index (χ1v) is 9.91. The largest absolute Gasteiger partial charge is 0.495 e. The Balaban J connectivity index is 1.89. The van der Waals surface area contributed by atoms with Gasteiger partial charge in [0.05, 0.1) is 26.5 Å². The van der Waals surface area contributed by atoms with Crippen LogP contribution in [0.2, 0.25) is 0 Å². The Morgan fingerprint density at radius 1 is 0.875 bits per heavy atom. The number of hydrogen-bond donors (Lipinski definition) is 3. The van der Waals surface area contributed by atoms with Crippen molar-refractivity contribution in [3.8, 4) is 17.2 Å². The lowest BCUT2D eigenvalue weighted by molar-refractivity contribution is -0.118. The van der Waals surface area contributed by atoms with Crippen molar-refractivity contribution in [3.63, 3.8) is 0 Å². The van der Waals surface area contributed by atoms with Crippen LogP contribution in [-0.4, -0.2) is 58.4 Å². The Kier molecular flexibility index (Phi) is 9.64. The van der Waals surface area contributed by atoms with Crippen LogP contribution in [0.1, 0.15) is 17.3 Å². The molecule has 0 aliphatic carbocycles. The number of ether oxygens (including phenoxy) is 4. The number of para-hydroxylation sites is 2. The summed E-state index contributed by atoms with van der Waals surface area (Å²) in [6.45, 7) is 2.16. The Hall–Kier alpha value is -3.95. The third-order valence-corrected chi connectivity index (χ3v) is 4.12. The topological polar surface area (TPSA) is 124 Å². The average molecular weight is 445 g/mol. The fourth-order valence-electron chi connectivity index (χ4n) is 2.63. The van der Waals surface area contributed by atoms with E-state index in [9.17, 15) is 14.4 Å². The first-order valence-electron chi connectivity index (χ1n) is 9.91. The van der Waals surface area contributed by atoms with Gasteiger partial charge in [0.25, 0.3) is 11.8 Å². The number of benzene rings is 2. The van der Waals surface area contributed by atoms with Crippen molar-refractivity contribution in [3.05, 3.63) is 48.0 Å². The molecule has 0 fully saturated rings. The molecule has 0 saturated carbocycles. The molecule has 3 N–H and O–H groups in total. The van der Waals surface area contributed by atoms with Gasteiger partial charge in [0.1, 0.15) is 5.75 Å². The lowest BCUT2D eigenvalue weighted by atomic mass is 10.2. The molecule has 2 aromatic carbocycles. The van der Waals surface area contributed by atoms with Gasteiger partial charge >= 0.3 is 6.09 Å². The Bertz CT molecular complexity index is 933. The summed E-state index contributed by atoms with van der Waals surface area (Å²) in [6.07, 6.45) is -0.542. The van der Waals surface area contributed by atoms with E-state index in [2.05, 4.69) is 16.0 Å². The predicted octanol–water partition coefficient (Wildman–Crippen LogP) is 2.20. The van der Waals surface area contributed by atoms with Gasteiger partial charge in [-0.15, -0.1) is 0 Å². The molecule has 0 atom stereocenters. The highest BCUT2D eigenvalue weighted by Gasteiger charge is 2.13. The third kappa shape index (κ3) is 7.38. The lowest BCUT2D eigenvalue weighted by Crippen LogP contribution is -2.35. The molecule has 0 aromatic heterocycles. The first kappa shape index (κ1) is 24.3. The number of rotatable bonds is 11. The number of carbonyl (C=O) groups is 3. The molecular formula is C22H27N3O7. The average Bonchev–Trinajstić information content (AvgIpc) is 2.80. The summed E-state index contributed by atoms with van der Waals surface area (Å²) in [5.74, 6) is 0.406. The van der Waals surface area contributed by atoms with Crippen molar-refractivity contribution in [1.29, 1.82) is 0 Å². The second-order valence-electron chi connectivity index (χ2n) is 6.31. The minimum Gasteiger partial charge on any atom is -0.495 e. The molecule has 10 nitrogen and oxygen atoms in total. The normalized spacial score (nSPS) is 9.97. The van der Waals surface area contributed by atoms with Crippen molar-refractivity contribution in [2.24, 2.45) is 0 Å². The Labute approximate surface area is 186 Å². The van der Waals surface area contributed by atoms with Crippen LogP contribution in [0, 0.1) is 0 Å². The van der Waals surface area contributed by atoms with Gasteiger partial charge in [-0.2, -0.15) is 0 Å². The van der Waals surface area contributed by atoms with E-state index in [1.54, 1.807) is 43.3 Å². The van der Waals surface area contributed by atoms with Crippen LogP contribution >= 0.6 is 0 Å². The number of nitrogens with one attached hydrogen (secondary N) is 3. The van der Waals surface area contributed by atoms with Crippen molar-refractivity contribution >= 4 is 23.6 Å². The summed E-state index contributed by atoms with van der Waals surface area (Å²) in [7, 11) is 2.95. The molecule has 2 rings (SSSR count). The van der Waals surface area contributed by atoms with Crippen LogP contribution in [0.25, 0.3) is 0 Å². The van der Waals surface area contributed by atoms with Crippen molar-refractivity contribution in [2.75, 3.05) is 45.8 Å². The second kappa shape index (κ2) is 12.7. The molecule has 0 spiro atoms. The van der Waals surface area contributed by atoms with Crippen molar-refractivity contribution in [2.45, 2.75) is 6.92 Å². The summed E-state index contributed by atoms with van der Waals surface area (Å²) in [5, 5.41) is 7.89. The number of amides is 3. The third-order valence-electron chi connectivity index (χ3n) is 4.12. The highest BCUT2D eigenvalue weighted by Crippen LogP contribution is 2.28. The Morgan fingerprint density at radius 2 is 1.59 bits per heavy atom. The number of carbonyl (C=O) groups excluding carboxylic acids is 3. The van der Waals surface area contributed by atoms with Gasteiger partial charge in [-0.05, 0) is 37.3 Å². The molecule has 0 radical (unpaired) electrons. The van der Waals surface area contributed by atoms with Gasteiger partial charge in [-0.1, -0.05) is 12.1 Å². The van der Waals surface area contributed by atoms with E-state index in [0.717, 1.165) is 0 Å². The van der Waals surface area contributed by atoms with E-state index < -0.39 is 6.09 Å². The maximum atomic E-state index is 12.3. The minimum absolute atomic E-state index is 0.224. The van der Waals surface area contributed by atoms with Gasteiger partial charge in [-0.3, -0.25) is 9.59 Å². The summed E-state index contributed by atoms with van der Waals surface area (Å²) in [4.78, 5) is 35.7. The lowest BCUT2D eigenvalue weighted by Gasteiger charge is -2.13. The molecule has 0 aliphatic heterocycles. The molecular weight excluding hydrogens is 418 g/mol. The van der Waals surface area contributed by atoms with Gasteiger partial charge in [0, 0.05) is 18.7 Å². The van der Waals surface area contributed by atoms with Crippen LogP contribution in [0.3, 0.4) is 0 Å². The fourth-order valence-corrected chi connectivity index (χ4v) is 2.63. The summed E-state index contributed by atoms with van der Waals surface area (Å²) in [5.41, 5.74) is 0.865. The zero-order chi connectivity index (χ0) is 23.3. The van der Waals surface area contributed by atoms with E-state index in [4.69, 9.17) is 18.9 Å². The van der Waals surface area contributed by atoms with Crippen LogP contribution in [0.4, 0.5) is 10.5 Å². The number of methoxy groups -OCH3 is 2. The minimum atomic E-state index is -0.542. The van der Waals surface area contributed by atoms with Gasteiger partial charge in [-0.25, -0.2) is 4.79 Å². The predicted molar refractivity (Wildman–Crippen MR) is 117 cm³/mol. The molecule has 0 heterocycles. The highest BCUT2D eigenvalue weighted by molar-refractivity contribution is 5.95. The zero-order valence-electron chi connectivity index (χ0n) is 18.2. The quantitative estimate of drug-likeness (QED) is 0.453. The van der Waals surface area contributed by atoms with Crippen molar-refractivity contribution in [1.82, 2.24) is 10.6 Å². The maximum Gasteiger partial charge on any atom is 0.407 e. The molecule has 0 unspecified atom stereocenters. The monoisotopic (exact) mass is 445 g/mol. The van der Waals surface area contributed by atoms with E-state index in [1.165, 1.54) is 20.3 Å². The smallest absolute Gasteiger partial charge is 0.407 e. The van der Waals surface area contributed by atoms with Gasteiger partial charge in [0.2, 0.25) is 0 Å². The van der Waals surface area contributed by atoms with E-state index in [-0.39, 0.29) is 38.1 Å². The van der Waals surface area contributed by atoms with Gasteiger partial charge < -0.3 is 34.9 Å². The molecule has 10 heteroatoms. The molecule has 172 valence electrons. The number of hydrogen-bond acceptors (Lipinski definition) is 7. The Morgan fingerprint density at radius 3 is 2.31 bits per heavy atom. The second-order valence-corrected chi connectivity index (χ2v) is 6.31. The summed E-state index contributed by atoms with van der Waals surface area (Å²) < 4.78 is 20.8.